The first-order valence-electron chi connectivity index (χ1n) is 10.3. The van der Waals surface area contributed by atoms with E-state index in [0.717, 1.165) is 5.75 Å². The van der Waals surface area contributed by atoms with Crippen molar-refractivity contribution in [3.63, 3.8) is 0 Å². The second-order valence-electron chi connectivity index (χ2n) is 9.01. The molecule has 0 radical (unpaired) electrons. The van der Waals surface area contributed by atoms with E-state index in [-0.39, 0.29) is 11.1 Å². The van der Waals surface area contributed by atoms with Gasteiger partial charge in [-0.05, 0) is 47.0 Å². The molecule has 0 N–H and O–H groups in total. The van der Waals surface area contributed by atoms with Crippen LogP contribution in [-0.2, 0) is 10.2 Å². The van der Waals surface area contributed by atoms with Gasteiger partial charge in [-0.3, -0.25) is 0 Å². The molecule has 1 unspecified atom stereocenters. The molecule has 0 saturated heterocycles. The van der Waals surface area contributed by atoms with Crippen molar-refractivity contribution in [3.8, 4) is 0 Å². The Kier molecular flexibility index (Phi) is 7.04. The van der Waals surface area contributed by atoms with Crippen LogP contribution in [0.5, 0.6) is 0 Å². The van der Waals surface area contributed by atoms with Crippen molar-refractivity contribution >= 4 is 20.1 Å². The third kappa shape index (κ3) is 5.85. The van der Waals surface area contributed by atoms with Crippen molar-refractivity contribution in [1.29, 1.82) is 0 Å². The standard InChI is InChI=1S/C26H32OSSi/c1-26(2,3)29(4,5)27-25(22-14-10-7-11-15-22)23-16-18-24(19-17-23)28-20-21-12-8-6-9-13-21/h6-19,25H,20H2,1-5H3. The molecule has 0 aromatic heterocycles. The molecule has 3 aromatic carbocycles. The molecule has 0 aliphatic rings. The molecule has 1 atom stereocenters. The van der Waals surface area contributed by atoms with Gasteiger partial charge in [0.2, 0.25) is 0 Å². The van der Waals surface area contributed by atoms with Crippen molar-refractivity contribution in [2.24, 2.45) is 0 Å². The third-order valence-electron chi connectivity index (χ3n) is 5.75. The van der Waals surface area contributed by atoms with Gasteiger partial charge in [0.25, 0.3) is 0 Å². The van der Waals surface area contributed by atoms with Gasteiger partial charge in [-0.15, -0.1) is 11.8 Å². The highest BCUT2D eigenvalue weighted by Crippen LogP contribution is 2.41. The van der Waals surface area contributed by atoms with E-state index in [9.17, 15) is 0 Å². The lowest BCUT2D eigenvalue weighted by Crippen LogP contribution is -2.42. The maximum atomic E-state index is 6.88. The molecule has 152 valence electrons. The summed E-state index contributed by atoms with van der Waals surface area (Å²) >= 11 is 1.88. The molecule has 3 aromatic rings. The summed E-state index contributed by atoms with van der Waals surface area (Å²) in [5, 5.41) is 0.172. The smallest absolute Gasteiger partial charge is 0.193 e. The topological polar surface area (TPSA) is 9.23 Å². The Balaban J connectivity index is 1.80. The molecular formula is C26H32OSSi. The Bertz CT molecular complexity index is 884. The summed E-state index contributed by atoms with van der Waals surface area (Å²) in [7, 11) is -1.91. The van der Waals surface area contributed by atoms with Crippen molar-refractivity contribution in [1.82, 2.24) is 0 Å². The van der Waals surface area contributed by atoms with Crippen LogP contribution in [0.2, 0.25) is 18.1 Å². The van der Waals surface area contributed by atoms with E-state index >= 15 is 0 Å². The van der Waals surface area contributed by atoms with E-state index in [1.807, 2.05) is 11.8 Å². The minimum absolute atomic E-state index is 0.0229. The first-order chi connectivity index (χ1) is 13.8. The lowest BCUT2D eigenvalue weighted by Gasteiger charge is -2.39. The maximum Gasteiger partial charge on any atom is 0.193 e. The minimum Gasteiger partial charge on any atom is -0.406 e. The van der Waals surface area contributed by atoms with Crippen LogP contribution < -0.4 is 0 Å². The van der Waals surface area contributed by atoms with Crippen molar-refractivity contribution in [2.45, 2.75) is 55.7 Å². The molecule has 1 nitrogen and oxygen atoms in total. The van der Waals surface area contributed by atoms with E-state index in [1.165, 1.54) is 21.6 Å². The number of hydrogen-bond donors (Lipinski definition) is 0. The number of hydrogen-bond acceptors (Lipinski definition) is 2. The zero-order valence-corrected chi connectivity index (χ0v) is 20.0. The largest absolute Gasteiger partial charge is 0.406 e. The summed E-state index contributed by atoms with van der Waals surface area (Å²) < 4.78 is 6.88. The highest BCUT2D eigenvalue weighted by atomic mass is 32.2. The molecule has 0 saturated carbocycles. The van der Waals surface area contributed by atoms with Crippen LogP contribution in [0.25, 0.3) is 0 Å². The van der Waals surface area contributed by atoms with Crippen LogP contribution in [0.15, 0.2) is 89.8 Å². The summed E-state index contributed by atoms with van der Waals surface area (Å²) in [6.45, 7) is 11.5. The van der Waals surface area contributed by atoms with Gasteiger partial charge in [0.15, 0.2) is 8.32 Å². The first kappa shape index (κ1) is 21.9. The van der Waals surface area contributed by atoms with Gasteiger partial charge in [-0.2, -0.15) is 0 Å². The summed E-state index contributed by atoms with van der Waals surface area (Å²) in [5.74, 6) is 0.989. The average molecular weight is 421 g/mol. The summed E-state index contributed by atoms with van der Waals surface area (Å²) in [6, 6.07) is 30.2. The SMILES string of the molecule is CC(C)(C)[Si](C)(C)OC(c1ccccc1)c1ccc(SCc2ccccc2)cc1. The first-order valence-corrected chi connectivity index (χ1v) is 14.2. The Morgan fingerprint density at radius 1 is 0.759 bits per heavy atom. The minimum atomic E-state index is -1.91. The zero-order valence-electron chi connectivity index (χ0n) is 18.2. The van der Waals surface area contributed by atoms with Crippen LogP contribution >= 0.6 is 11.8 Å². The zero-order chi connectivity index (χ0) is 20.9. The van der Waals surface area contributed by atoms with Crippen molar-refractivity contribution in [2.75, 3.05) is 0 Å². The normalized spacial score (nSPS) is 13.3. The fraction of sp³-hybridized carbons (Fsp3) is 0.308. The van der Waals surface area contributed by atoms with E-state index in [1.54, 1.807) is 0 Å². The summed E-state index contributed by atoms with van der Waals surface area (Å²) in [6.07, 6.45) is -0.0229. The molecule has 0 heterocycles. The highest BCUT2D eigenvalue weighted by molar-refractivity contribution is 7.98. The summed E-state index contributed by atoms with van der Waals surface area (Å²) in [4.78, 5) is 1.29. The van der Waals surface area contributed by atoms with Gasteiger partial charge in [0.05, 0.1) is 6.10 Å². The predicted molar refractivity (Wildman–Crippen MR) is 129 cm³/mol. The molecule has 0 fully saturated rings. The molecule has 0 amide bonds. The van der Waals surface area contributed by atoms with Crippen molar-refractivity contribution < 1.29 is 4.43 Å². The number of benzene rings is 3. The van der Waals surface area contributed by atoms with Gasteiger partial charge in [-0.1, -0.05) is 93.6 Å². The highest BCUT2D eigenvalue weighted by Gasteiger charge is 2.39. The molecule has 0 bridgehead atoms. The summed E-state index contributed by atoms with van der Waals surface area (Å²) in [5.41, 5.74) is 3.80. The quantitative estimate of drug-likeness (QED) is 0.282. The van der Waals surface area contributed by atoms with Gasteiger partial charge in [0, 0.05) is 10.6 Å². The van der Waals surface area contributed by atoms with E-state index in [2.05, 4.69) is 119 Å². The van der Waals surface area contributed by atoms with Crippen molar-refractivity contribution in [3.05, 3.63) is 102 Å². The number of rotatable bonds is 7. The van der Waals surface area contributed by atoms with Crippen LogP contribution in [0.1, 0.15) is 43.6 Å². The van der Waals surface area contributed by atoms with Crippen LogP contribution in [0, 0.1) is 0 Å². The third-order valence-corrected chi connectivity index (χ3v) is 11.3. The van der Waals surface area contributed by atoms with Crippen LogP contribution in [0.4, 0.5) is 0 Å². The fourth-order valence-electron chi connectivity index (χ4n) is 2.91. The Morgan fingerprint density at radius 2 is 1.28 bits per heavy atom. The predicted octanol–water partition coefficient (Wildman–Crippen LogP) is 8.09. The Labute approximate surface area is 181 Å². The molecule has 3 rings (SSSR count). The lowest BCUT2D eigenvalue weighted by molar-refractivity contribution is 0.222. The molecule has 29 heavy (non-hydrogen) atoms. The van der Waals surface area contributed by atoms with Crippen LogP contribution in [-0.4, -0.2) is 8.32 Å². The van der Waals surface area contributed by atoms with Crippen LogP contribution in [0.3, 0.4) is 0 Å². The maximum absolute atomic E-state index is 6.88. The van der Waals surface area contributed by atoms with Gasteiger partial charge in [-0.25, -0.2) is 0 Å². The lowest BCUT2D eigenvalue weighted by atomic mass is 10.0. The Hall–Kier alpha value is -1.81. The van der Waals surface area contributed by atoms with Gasteiger partial charge in [0.1, 0.15) is 0 Å². The second kappa shape index (κ2) is 9.33. The van der Waals surface area contributed by atoms with E-state index < -0.39 is 8.32 Å². The monoisotopic (exact) mass is 420 g/mol. The Morgan fingerprint density at radius 3 is 1.83 bits per heavy atom. The number of thioether (sulfide) groups is 1. The molecule has 0 aliphatic carbocycles. The van der Waals surface area contributed by atoms with E-state index in [4.69, 9.17) is 4.43 Å². The molecular weight excluding hydrogens is 388 g/mol. The van der Waals surface area contributed by atoms with Gasteiger partial charge >= 0.3 is 0 Å². The van der Waals surface area contributed by atoms with Gasteiger partial charge < -0.3 is 4.43 Å². The molecule has 3 heteroatoms. The molecule has 0 aliphatic heterocycles. The average Bonchev–Trinajstić information content (AvgIpc) is 2.72. The van der Waals surface area contributed by atoms with E-state index in [0.29, 0.717) is 0 Å². The fourth-order valence-corrected chi connectivity index (χ4v) is 4.98. The molecule has 0 spiro atoms. The second-order valence-corrected chi connectivity index (χ2v) is 14.8.